The molecule has 1 aromatic heterocycles. The lowest BCUT2D eigenvalue weighted by Gasteiger charge is -2.27. The van der Waals surface area contributed by atoms with Gasteiger partial charge in [0.1, 0.15) is 5.01 Å². The van der Waals surface area contributed by atoms with Crippen molar-refractivity contribution < 1.29 is 4.79 Å². The lowest BCUT2D eigenvalue weighted by Crippen LogP contribution is -2.37. The minimum absolute atomic E-state index is 0.0580. The van der Waals surface area contributed by atoms with Crippen LogP contribution < -0.4 is 5.32 Å². The van der Waals surface area contributed by atoms with Gasteiger partial charge in [0.25, 0.3) is 0 Å². The summed E-state index contributed by atoms with van der Waals surface area (Å²) in [6.45, 7) is 4.16. The predicted molar refractivity (Wildman–Crippen MR) is 89.2 cm³/mol. The number of anilines is 1. The molecule has 1 fully saturated rings. The van der Waals surface area contributed by atoms with E-state index in [1.807, 2.05) is 18.2 Å². The molecule has 1 amide bonds. The van der Waals surface area contributed by atoms with Crippen molar-refractivity contribution in [1.29, 1.82) is 0 Å². The molecular formula is C17H21N3OS. The Labute approximate surface area is 135 Å². The van der Waals surface area contributed by atoms with Gasteiger partial charge in [-0.15, -0.1) is 10.2 Å². The molecule has 1 aliphatic carbocycles. The highest BCUT2D eigenvalue weighted by atomic mass is 32.1. The first-order valence-corrected chi connectivity index (χ1v) is 8.64. The fourth-order valence-corrected chi connectivity index (χ4v) is 3.86. The Bertz CT molecular complexity index is 645. The summed E-state index contributed by atoms with van der Waals surface area (Å²) >= 11 is 1.47. The van der Waals surface area contributed by atoms with Crippen LogP contribution in [-0.4, -0.2) is 16.1 Å². The van der Waals surface area contributed by atoms with E-state index in [0.717, 1.165) is 36.3 Å². The van der Waals surface area contributed by atoms with Crippen LogP contribution in [0.15, 0.2) is 30.3 Å². The van der Waals surface area contributed by atoms with Gasteiger partial charge in [0.05, 0.1) is 5.41 Å². The monoisotopic (exact) mass is 315 g/mol. The van der Waals surface area contributed by atoms with Crippen molar-refractivity contribution in [1.82, 2.24) is 10.2 Å². The SMILES string of the molecule is CC(C)c1nnc(NC(=O)C2(c3ccccc3)CCCC2)s1. The second-order valence-corrected chi connectivity index (χ2v) is 7.22. The van der Waals surface area contributed by atoms with Gasteiger partial charge < -0.3 is 0 Å². The Hall–Kier alpha value is -1.75. The summed E-state index contributed by atoms with van der Waals surface area (Å²) in [6, 6.07) is 10.1. The van der Waals surface area contributed by atoms with Gasteiger partial charge in [-0.05, 0) is 18.4 Å². The third-order valence-corrected chi connectivity index (χ3v) is 5.51. The van der Waals surface area contributed by atoms with Crippen LogP contribution in [-0.2, 0) is 10.2 Å². The van der Waals surface area contributed by atoms with Gasteiger partial charge in [-0.3, -0.25) is 10.1 Å². The van der Waals surface area contributed by atoms with E-state index in [0.29, 0.717) is 11.0 Å². The zero-order valence-corrected chi connectivity index (χ0v) is 13.8. The number of rotatable bonds is 4. The number of nitrogens with zero attached hydrogens (tertiary/aromatic N) is 2. The third kappa shape index (κ3) is 2.77. The highest BCUT2D eigenvalue weighted by Crippen LogP contribution is 2.42. The minimum Gasteiger partial charge on any atom is -0.300 e. The maximum absolute atomic E-state index is 12.9. The van der Waals surface area contributed by atoms with Crippen LogP contribution in [0.3, 0.4) is 0 Å². The van der Waals surface area contributed by atoms with Crippen molar-refractivity contribution in [2.75, 3.05) is 5.32 Å². The van der Waals surface area contributed by atoms with E-state index >= 15 is 0 Å². The van der Waals surface area contributed by atoms with Crippen LogP contribution in [0.2, 0.25) is 0 Å². The molecule has 0 unspecified atom stereocenters. The quantitative estimate of drug-likeness (QED) is 0.923. The van der Waals surface area contributed by atoms with Crippen molar-refractivity contribution in [2.45, 2.75) is 50.9 Å². The smallest absolute Gasteiger partial charge is 0.236 e. The van der Waals surface area contributed by atoms with Crippen LogP contribution in [0.25, 0.3) is 0 Å². The Morgan fingerprint density at radius 1 is 1.18 bits per heavy atom. The van der Waals surface area contributed by atoms with Crippen LogP contribution in [0.4, 0.5) is 5.13 Å². The molecule has 1 heterocycles. The topological polar surface area (TPSA) is 54.9 Å². The standard InChI is InChI=1S/C17H21N3OS/c1-12(2)14-19-20-16(22-14)18-15(21)17(10-6-7-11-17)13-8-4-3-5-9-13/h3-5,8-9,12H,6-7,10-11H2,1-2H3,(H,18,20,21). The summed E-state index contributed by atoms with van der Waals surface area (Å²) in [5.74, 6) is 0.389. The summed E-state index contributed by atoms with van der Waals surface area (Å²) in [7, 11) is 0. The van der Waals surface area contributed by atoms with E-state index in [1.165, 1.54) is 11.3 Å². The van der Waals surface area contributed by atoms with E-state index in [4.69, 9.17) is 0 Å². The van der Waals surface area contributed by atoms with Crippen molar-refractivity contribution in [3.05, 3.63) is 40.9 Å². The Kier molecular flexibility index (Phi) is 4.25. The molecule has 0 radical (unpaired) electrons. The van der Waals surface area contributed by atoms with E-state index in [1.54, 1.807) is 0 Å². The molecule has 0 spiro atoms. The number of amides is 1. The first-order chi connectivity index (χ1) is 10.6. The Morgan fingerprint density at radius 2 is 1.86 bits per heavy atom. The number of hydrogen-bond acceptors (Lipinski definition) is 4. The lowest BCUT2D eigenvalue weighted by molar-refractivity contribution is -0.121. The molecule has 2 aromatic rings. The molecule has 0 atom stereocenters. The second-order valence-electron chi connectivity index (χ2n) is 6.21. The van der Waals surface area contributed by atoms with Gasteiger partial charge in [0, 0.05) is 5.92 Å². The number of nitrogens with one attached hydrogen (secondary N) is 1. The van der Waals surface area contributed by atoms with Crippen LogP contribution >= 0.6 is 11.3 Å². The second kappa shape index (κ2) is 6.16. The number of aromatic nitrogens is 2. The zero-order chi connectivity index (χ0) is 15.6. The van der Waals surface area contributed by atoms with Gasteiger partial charge in [-0.2, -0.15) is 0 Å². The lowest BCUT2D eigenvalue weighted by atomic mass is 9.78. The van der Waals surface area contributed by atoms with Crippen LogP contribution in [0.1, 0.15) is 56.0 Å². The molecule has 3 rings (SSSR count). The predicted octanol–water partition coefficient (Wildman–Crippen LogP) is 4.11. The average molecular weight is 315 g/mol. The summed E-state index contributed by atoms with van der Waals surface area (Å²) < 4.78 is 0. The van der Waals surface area contributed by atoms with Crippen molar-refractivity contribution >= 4 is 22.4 Å². The van der Waals surface area contributed by atoms with Gasteiger partial charge >= 0.3 is 0 Å². The van der Waals surface area contributed by atoms with Crippen molar-refractivity contribution in [2.24, 2.45) is 0 Å². The van der Waals surface area contributed by atoms with E-state index in [2.05, 4.69) is 41.5 Å². The first-order valence-electron chi connectivity index (χ1n) is 7.82. The van der Waals surface area contributed by atoms with Crippen molar-refractivity contribution in [3.63, 3.8) is 0 Å². The maximum Gasteiger partial charge on any atom is 0.236 e. The Morgan fingerprint density at radius 3 is 2.45 bits per heavy atom. The summed E-state index contributed by atoms with van der Waals surface area (Å²) in [5.41, 5.74) is 0.698. The summed E-state index contributed by atoms with van der Waals surface area (Å²) in [6.07, 6.45) is 3.99. The van der Waals surface area contributed by atoms with Crippen LogP contribution in [0.5, 0.6) is 0 Å². The maximum atomic E-state index is 12.9. The number of benzene rings is 1. The molecule has 0 bridgehead atoms. The van der Waals surface area contributed by atoms with Gasteiger partial charge in [-0.1, -0.05) is 68.4 Å². The molecule has 4 nitrogen and oxygen atoms in total. The molecular weight excluding hydrogens is 294 g/mol. The summed E-state index contributed by atoms with van der Waals surface area (Å²) in [4.78, 5) is 12.9. The molecule has 0 saturated heterocycles. The van der Waals surface area contributed by atoms with Gasteiger partial charge in [-0.25, -0.2) is 0 Å². The molecule has 1 aliphatic rings. The molecule has 0 aliphatic heterocycles. The molecule has 1 aromatic carbocycles. The number of carbonyl (C=O) groups excluding carboxylic acids is 1. The minimum atomic E-state index is -0.412. The average Bonchev–Trinajstić information content (AvgIpc) is 3.18. The largest absolute Gasteiger partial charge is 0.300 e. The van der Waals surface area contributed by atoms with E-state index in [-0.39, 0.29) is 5.91 Å². The molecule has 22 heavy (non-hydrogen) atoms. The normalized spacial score (nSPS) is 16.9. The number of carbonyl (C=O) groups is 1. The first kappa shape index (κ1) is 15.2. The van der Waals surface area contributed by atoms with Crippen LogP contribution in [0, 0.1) is 0 Å². The van der Waals surface area contributed by atoms with Gasteiger partial charge in [0.15, 0.2) is 0 Å². The number of hydrogen-bond donors (Lipinski definition) is 1. The highest BCUT2D eigenvalue weighted by Gasteiger charge is 2.42. The van der Waals surface area contributed by atoms with Crippen molar-refractivity contribution in [3.8, 4) is 0 Å². The van der Waals surface area contributed by atoms with Gasteiger partial charge in [0.2, 0.25) is 11.0 Å². The fourth-order valence-electron chi connectivity index (χ4n) is 3.12. The molecule has 116 valence electrons. The van der Waals surface area contributed by atoms with E-state index in [9.17, 15) is 4.79 Å². The molecule has 1 N–H and O–H groups in total. The summed E-state index contributed by atoms with van der Waals surface area (Å²) in [5, 5.41) is 12.8. The fraction of sp³-hybridized carbons (Fsp3) is 0.471. The highest BCUT2D eigenvalue weighted by molar-refractivity contribution is 7.15. The zero-order valence-electron chi connectivity index (χ0n) is 13.0. The third-order valence-electron chi connectivity index (χ3n) is 4.37. The molecule has 5 heteroatoms. The molecule has 1 saturated carbocycles. The Balaban J connectivity index is 1.84. The van der Waals surface area contributed by atoms with E-state index < -0.39 is 5.41 Å².